The number of nitrogen functional groups attached to an aromatic ring is 2. The highest BCUT2D eigenvalue weighted by molar-refractivity contribution is 7.99. The molecule has 53 heteroatoms. The van der Waals surface area contributed by atoms with Crippen molar-refractivity contribution in [1.29, 1.82) is 0 Å². The summed E-state index contributed by atoms with van der Waals surface area (Å²) >= 11 is 1.99. The Bertz CT molecular complexity index is 5550. The van der Waals surface area contributed by atoms with Gasteiger partial charge >= 0.3 is 10.6 Å². The lowest BCUT2D eigenvalue weighted by Gasteiger charge is -2.15. The van der Waals surface area contributed by atoms with Crippen LogP contribution in [0.25, 0.3) is 0 Å². The van der Waals surface area contributed by atoms with Crippen molar-refractivity contribution in [2.24, 2.45) is 30.7 Å². The van der Waals surface area contributed by atoms with Gasteiger partial charge in [0.25, 0.3) is 76.5 Å². The molecule has 43 nitrogen and oxygen atoms in total. The number of hydrogen-bond donors (Lipinski definition) is 12. The summed E-state index contributed by atoms with van der Waals surface area (Å²) < 4.78 is 264. The highest BCUT2D eigenvalue weighted by Crippen LogP contribution is 2.44. The molecule has 0 amide bonds. The molecule has 0 saturated carbocycles. The van der Waals surface area contributed by atoms with Gasteiger partial charge in [0.05, 0.1) is 85.9 Å². The number of aryl methyl sites for hydroxylation is 3. The quantitative estimate of drug-likeness (QED) is 0.00328. The molecule has 109 heavy (non-hydrogen) atoms. The van der Waals surface area contributed by atoms with Gasteiger partial charge in [-0.05, 0) is 141 Å². The van der Waals surface area contributed by atoms with E-state index in [4.69, 9.17) is 38.1 Å². The van der Waals surface area contributed by atoms with Crippen molar-refractivity contribution in [3.63, 3.8) is 0 Å². The fourth-order valence-corrected chi connectivity index (χ4v) is 14.2. The molecule has 0 fully saturated rings. The molecule has 0 aliphatic carbocycles. The number of aromatic nitrogens is 3. The first-order valence-corrected chi connectivity index (χ1v) is 44.1. The van der Waals surface area contributed by atoms with Crippen LogP contribution < -0.4 is 36.9 Å². The van der Waals surface area contributed by atoms with Crippen molar-refractivity contribution >= 4 is 185 Å². The molecule has 14 N–H and O–H groups in total. The lowest BCUT2D eigenvalue weighted by atomic mass is 10.1. The fourth-order valence-electron chi connectivity index (χ4n) is 8.39. The Hall–Kier alpha value is -9.18. The minimum absolute atomic E-state index is 0.000331. The van der Waals surface area contributed by atoms with Crippen molar-refractivity contribution in [1.82, 2.24) is 15.0 Å². The van der Waals surface area contributed by atoms with Gasteiger partial charge in [-0.25, -0.2) is 0 Å². The van der Waals surface area contributed by atoms with Crippen LogP contribution in [0.2, 0.25) is 0 Å². The van der Waals surface area contributed by atoms with Crippen LogP contribution in [0, 0.1) is 30.9 Å². The number of nitro benzene ring substituents is 1. The zero-order chi connectivity index (χ0) is 81.5. The lowest BCUT2D eigenvalue weighted by Crippen LogP contribution is -2.17. The largest absolute Gasteiger partial charge is 0.491 e. The van der Waals surface area contributed by atoms with Crippen molar-refractivity contribution < 1.29 is 118 Å². The monoisotopic (exact) mass is 1720 g/mol. The minimum Gasteiger partial charge on any atom is -0.491 e. The van der Waals surface area contributed by atoms with E-state index in [0.29, 0.717) is 23.1 Å². The number of hydrogen-bond acceptors (Lipinski definition) is 37. The van der Waals surface area contributed by atoms with Gasteiger partial charge < -0.3 is 36.9 Å². The number of nitrogens with one attached hydrogen (secondary N) is 3. The average Bonchev–Trinajstić information content (AvgIpc) is 0.810. The standard InChI is InChI=1S/C46H52N14O21S8.C10H15NO4S.O3S/c1-27-19-32(47)40(81-12-4-15-84(63,64)65)24-34(27)55-59-39-23-36(50-46-52-44(48-11-18-87(72,73)74)51-45(53-46)49-29-7-3-8-31(21-29)88(75,76)77)37(26-42(39)83-14-6-17-86(69,70)71)57-58-38-20-28(2)35(25-41(38)82-13-5-16-85(66,67)68)56-54-33-10-9-30(60(61)62)22-43(33)89(78,79)80;1-8-3-4-10(9(11)7-8)15-5-2-6-16(12,13)14;1-4(2)3/h3,7-10,19-26H,4-6,11-18,47H2,1-2H3,(H,63,64,65)(H,66,67,68)(H,69,70,71)(H,72,73,74)(H,75,76,77)(H,78,79,80)(H3,48,49,50,51,52,53);3-4,7H,2,5-6,11H2,1H3,(H,12,13,14);. The first-order chi connectivity index (χ1) is 50.5. The van der Waals surface area contributed by atoms with Crippen LogP contribution in [0.3, 0.4) is 0 Å². The minimum atomic E-state index is -5.09. The number of ether oxygens (including phenoxy) is 2. The predicted octanol–water partition coefficient (Wildman–Crippen LogP) is 9.13. The van der Waals surface area contributed by atoms with E-state index in [9.17, 15) is 96.4 Å². The summed E-state index contributed by atoms with van der Waals surface area (Å²) in [5, 5.41) is 45.8. The molecular formula is C56H67N15O28S10. The molecule has 1 aromatic heterocycles. The Morgan fingerprint density at radius 2 is 0.945 bits per heavy atom. The van der Waals surface area contributed by atoms with E-state index < -0.39 is 137 Å². The van der Waals surface area contributed by atoms with Crippen molar-refractivity contribution in [3.05, 3.63) is 124 Å². The fraction of sp³-hybridized carbons (Fsp3) is 0.304. The number of rotatable bonds is 37. The number of nitro groups is 1. The molecule has 0 saturated heterocycles. The SMILES string of the molecule is Cc1cc(N)c(OCCCS(=O)(=O)O)cc1N=Nc1cc(Nc2nc(NCCS(=O)(=O)O)nc(Nc3cccc(S(=O)(=O)O)c3)n2)c(N=Nc2cc(C)c(N=Nc3ccc([N+](=O)[O-])cc3S(=O)(=O)O)cc2SCCCS(=O)(=O)O)cc1SCCCS(=O)(=O)O.Cc1ccc(OCCCS(=O)(=O)O)c(N)c1.O=S(=O)=O. The van der Waals surface area contributed by atoms with Gasteiger partial charge in [-0.15, -0.1) is 56.6 Å². The van der Waals surface area contributed by atoms with Gasteiger partial charge in [-0.3, -0.25) is 42.0 Å². The van der Waals surface area contributed by atoms with Crippen molar-refractivity contribution in [3.8, 4) is 11.5 Å². The van der Waals surface area contributed by atoms with E-state index in [0.717, 1.165) is 53.4 Å². The van der Waals surface area contributed by atoms with E-state index in [2.05, 4.69) is 61.6 Å². The normalized spacial score (nSPS) is 12.3. The average molecular weight is 1720 g/mol. The second-order valence-corrected chi connectivity index (χ2v) is 35.4. The maximum absolute atomic E-state index is 12.3. The molecule has 0 unspecified atom stereocenters. The Kier molecular flexibility index (Phi) is 33.2. The van der Waals surface area contributed by atoms with Gasteiger partial charge in [0.2, 0.25) is 17.8 Å². The molecule has 6 aromatic carbocycles. The summed E-state index contributed by atoms with van der Waals surface area (Å²) in [6, 6.07) is 21.0. The number of anilines is 7. The molecule has 594 valence electrons. The zero-order valence-electron chi connectivity index (χ0n) is 56.6. The molecule has 0 atom stereocenters. The molecule has 0 aliphatic rings. The summed E-state index contributed by atoms with van der Waals surface area (Å²) in [5.41, 5.74) is 13.1. The number of thioether (sulfide) groups is 2. The van der Waals surface area contributed by atoms with Gasteiger partial charge in [-0.1, -0.05) is 12.1 Å². The molecule has 0 aliphatic heterocycles. The van der Waals surface area contributed by atoms with Crippen LogP contribution in [-0.2, 0) is 81.4 Å². The number of benzene rings is 6. The van der Waals surface area contributed by atoms with Crippen LogP contribution in [-0.4, -0.2) is 183 Å². The van der Waals surface area contributed by atoms with Gasteiger partial charge in [0, 0.05) is 40.2 Å². The zero-order valence-corrected chi connectivity index (χ0v) is 64.7. The highest BCUT2D eigenvalue weighted by atomic mass is 32.2. The van der Waals surface area contributed by atoms with Crippen LogP contribution >= 0.6 is 23.5 Å². The third-order valence-corrected chi connectivity index (χ3v) is 21.1. The Morgan fingerprint density at radius 3 is 1.47 bits per heavy atom. The Labute approximate surface area is 633 Å². The third kappa shape index (κ3) is 34.1. The van der Waals surface area contributed by atoms with Crippen LogP contribution in [0.4, 0.5) is 80.4 Å². The smallest absolute Gasteiger partial charge is 0.425 e. The maximum Gasteiger partial charge on any atom is 0.425 e. The van der Waals surface area contributed by atoms with E-state index in [1.54, 1.807) is 19.1 Å². The van der Waals surface area contributed by atoms with E-state index in [1.807, 2.05) is 13.0 Å². The molecule has 7 aromatic rings. The molecule has 0 radical (unpaired) electrons. The van der Waals surface area contributed by atoms with E-state index in [1.165, 1.54) is 55.5 Å². The number of azo groups is 3. The topological polar surface area (TPSA) is 694 Å². The van der Waals surface area contributed by atoms with Gasteiger partial charge in [-0.2, -0.15) is 84.1 Å². The Balaban J connectivity index is 0.000000923. The van der Waals surface area contributed by atoms with E-state index >= 15 is 0 Å². The number of non-ortho nitro benzene ring substituents is 1. The summed E-state index contributed by atoms with van der Waals surface area (Å²) in [7, 11) is -34.6. The summed E-state index contributed by atoms with van der Waals surface area (Å²) in [4.78, 5) is 22.4. The summed E-state index contributed by atoms with van der Waals surface area (Å²) in [6.07, 6.45) is -0.121. The lowest BCUT2D eigenvalue weighted by molar-refractivity contribution is -0.385. The number of nitrogens with zero attached hydrogens (tertiary/aromatic N) is 10. The summed E-state index contributed by atoms with van der Waals surface area (Å²) in [6.45, 7) is 4.58. The highest BCUT2D eigenvalue weighted by Gasteiger charge is 2.23. The maximum atomic E-state index is 12.3. The first-order valence-electron chi connectivity index (χ1n) is 30.2. The van der Waals surface area contributed by atoms with Crippen molar-refractivity contribution in [2.45, 2.75) is 66.0 Å². The predicted molar refractivity (Wildman–Crippen MR) is 398 cm³/mol. The van der Waals surface area contributed by atoms with Crippen molar-refractivity contribution in [2.75, 3.05) is 87.4 Å². The van der Waals surface area contributed by atoms with Gasteiger partial charge in [0.15, 0.2) is 0 Å². The van der Waals surface area contributed by atoms with Gasteiger partial charge in [0.1, 0.15) is 33.5 Å². The second-order valence-electron chi connectivity index (χ2n) is 22.1. The number of nitrogens with two attached hydrogens (primary N) is 2. The molecule has 0 bridgehead atoms. The third-order valence-electron chi connectivity index (χ3n) is 13.2. The molecule has 0 spiro atoms. The van der Waals surface area contributed by atoms with E-state index in [-0.39, 0.29) is 141 Å². The second kappa shape index (κ2) is 40.0. The molecule has 1 heterocycles. The first kappa shape index (κ1) is 90.4. The van der Waals surface area contributed by atoms with Crippen LogP contribution in [0.5, 0.6) is 11.5 Å². The molecular weight excluding hydrogens is 1650 g/mol. The molecule has 7 rings (SSSR count). The Morgan fingerprint density at radius 1 is 0.486 bits per heavy atom. The summed E-state index contributed by atoms with van der Waals surface area (Å²) in [5.74, 6) is -3.58. The van der Waals surface area contributed by atoms with Crippen LogP contribution in [0.15, 0.2) is 147 Å². The van der Waals surface area contributed by atoms with Crippen LogP contribution in [0.1, 0.15) is 42.4 Å².